The minimum atomic E-state index is 0.619. The number of methoxy groups -OCH3 is 2. The van der Waals surface area contributed by atoms with Crippen molar-refractivity contribution in [2.45, 2.75) is 19.3 Å². The Morgan fingerprint density at radius 3 is 2.52 bits per heavy atom. The summed E-state index contributed by atoms with van der Waals surface area (Å²) in [5.74, 6) is 1.29. The molecule has 1 aromatic heterocycles. The number of benzene rings is 1. The highest BCUT2D eigenvalue weighted by Gasteiger charge is 2.13. The second-order valence-corrected chi connectivity index (χ2v) is 7.06. The molecule has 1 fully saturated rings. The molecule has 0 saturated carbocycles. The number of ether oxygens (including phenoxy) is 2. The molecule has 2 aromatic rings. The van der Waals surface area contributed by atoms with Gasteiger partial charge in [-0.1, -0.05) is 0 Å². The molecule has 0 atom stereocenters. The predicted octanol–water partition coefficient (Wildman–Crippen LogP) is 4.82. The summed E-state index contributed by atoms with van der Waals surface area (Å²) in [6, 6.07) is 12.1. The average Bonchev–Trinajstić information content (AvgIpc) is 3.15. The van der Waals surface area contributed by atoms with Crippen LogP contribution >= 0.6 is 11.3 Å². The van der Waals surface area contributed by atoms with Crippen molar-refractivity contribution in [1.82, 2.24) is 0 Å². The van der Waals surface area contributed by atoms with Crippen molar-refractivity contribution in [2.24, 2.45) is 0 Å². The van der Waals surface area contributed by atoms with E-state index in [1.54, 1.807) is 25.6 Å². The number of piperidine rings is 1. The van der Waals surface area contributed by atoms with Crippen LogP contribution in [0, 0.1) is 11.3 Å². The third-order valence-electron chi connectivity index (χ3n) is 4.38. The minimum Gasteiger partial charge on any atom is -0.493 e. The molecule has 130 valence electrons. The van der Waals surface area contributed by atoms with Gasteiger partial charge in [-0.25, -0.2) is 0 Å². The summed E-state index contributed by atoms with van der Waals surface area (Å²) < 4.78 is 10.6. The van der Waals surface area contributed by atoms with E-state index in [2.05, 4.69) is 23.1 Å². The Bertz CT molecular complexity index is 798. The van der Waals surface area contributed by atoms with Crippen molar-refractivity contribution in [3.8, 4) is 17.6 Å². The molecule has 2 heterocycles. The van der Waals surface area contributed by atoms with E-state index in [-0.39, 0.29) is 0 Å². The molecule has 1 aliphatic rings. The zero-order valence-electron chi connectivity index (χ0n) is 14.6. The van der Waals surface area contributed by atoms with E-state index >= 15 is 0 Å². The Morgan fingerprint density at radius 2 is 1.84 bits per heavy atom. The van der Waals surface area contributed by atoms with Gasteiger partial charge in [-0.15, -0.1) is 11.3 Å². The van der Waals surface area contributed by atoms with Gasteiger partial charge in [0.2, 0.25) is 0 Å². The molecule has 0 amide bonds. The summed E-state index contributed by atoms with van der Waals surface area (Å²) in [4.78, 5) is 3.53. The Balaban J connectivity index is 1.86. The summed E-state index contributed by atoms with van der Waals surface area (Å²) in [7, 11) is 3.20. The van der Waals surface area contributed by atoms with Gasteiger partial charge in [-0.2, -0.15) is 5.26 Å². The fourth-order valence-corrected chi connectivity index (χ4v) is 4.03. The van der Waals surface area contributed by atoms with Crippen molar-refractivity contribution < 1.29 is 9.47 Å². The lowest BCUT2D eigenvalue weighted by Gasteiger charge is -2.27. The van der Waals surface area contributed by atoms with Gasteiger partial charge in [0.25, 0.3) is 0 Å². The smallest absolute Gasteiger partial charge is 0.161 e. The van der Waals surface area contributed by atoms with Gasteiger partial charge in [0, 0.05) is 18.0 Å². The lowest BCUT2D eigenvalue weighted by Crippen LogP contribution is -2.28. The van der Waals surface area contributed by atoms with E-state index in [4.69, 9.17) is 9.47 Å². The summed E-state index contributed by atoms with van der Waals surface area (Å²) in [6.45, 7) is 2.26. The minimum absolute atomic E-state index is 0.619. The molecule has 3 rings (SSSR count). The van der Waals surface area contributed by atoms with Crippen LogP contribution in [0.15, 0.2) is 30.3 Å². The van der Waals surface area contributed by atoms with Crippen LogP contribution < -0.4 is 14.4 Å². The molecule has 0 bridgehead atoms. The van der Waals surface area contributed by atoms with Crippen molar-refractivity contribution in [1.29, 1.82) is 5.26 Å². The zero-order valence-corrected chi connectivity index (χ0v) is 15.4. The summed E-state index contributed by atoms with van der Waals surface area (Å²) in [5, 5.41) is 10.9. The SMILES string of the molecule is COc1ccc(C(C#N)=Cc2ccc(N3CCCCC3)s2)cc1OC. The van der Waals surface area contributed by atoms with E-state index in [0.717, 1.165) is 23.5 Å². The van der Waals surface area contributed by atoms with E-state index < -0.39 is 0 Å². The lowest BCUT2D eigenvalue weighted by atomic mass is 10.1. The number of thiophene rings is 1. The molecule has 4 nitrogen and oxygen atoms in total. The molecule has 1 aromatic carbocycles. The van der Waals surface area contributed by atoms with Gasteiger partial charge in [0.15, 0.2) is 11.5 Å². The van der Waals surface area contributed by atoms with Gasteiger partial charge in [0.05, 0.1) is 30.9 Å². The van der Waals surface area contributed by atoms with Crippen LogP contribution in [0.25, 0.3) is 11.6 Å². The second-order valence-electron chi connectivity index (χ2n) is 5.96. The summed E-state index contributed by atoms with van der Waals surface area (Å²) >= 11 is 1.74. The van der Waals surface area contributed by atoms with Crippen LogP contribution in [0.4, 0.5) is 5.00 Å². The quantitative estimate of drug-likeness (QED) is 0.722. The summed E-state index contributed by atoms with van der Waals surface area (Å²) in [5.41, 5.74) is 1.45. The number of rotatable bonds is 5. The standard InChI is InChI=1S/C20H22N2O2S/c1-23-18-8-6-15(13-19(18)24-2)16(14-21)12-17-7-9-20(25-17)22-10-4-3-5-11-22/h6-9,12-13H,3-5,10-11H2,1-2H3. The molecule has 0 N–H and O–H groups in total. The molecule has 25 heavy (non-hydrogen) atoms. The number of hydrogen-bond acceptors (Lipinski definition) is 5. The first-order valence-electron chi connectivity index (χ1n) is 8.44. The molecule has 1 aliphatic heterocycles. The molecule has 0 unspecified atom stereocenters. The molecular formula is C20H22N2O2S. The van der Waals surface area contributed by atoms with Crippen LogP contribution in [0.5, 0.6) is 11.5 Å². The first-order chi connectivity index (χ1) is 12.2. The maximum Gasteiger partial charge on any atom is 0.161 e. The van der Waals surface area contributed by atoms with E-state index in [1.165, 1.54) is 24.3 Å². The normalized spacial score (nSPS) is 14.9. The molecular weight excluding hydrogens is 332 g/mol. The molecule has 0 spiro atoms. The highest BCUT2D eigenvalue weighted by Crippen LogP contribution is 2.33. The predicted molar refractivity (Wildman–Crippen MR) is 103 cm³/mol. The number of allylic oxidation sites excluding steroid dienone is 1. The zero-order chi connectivity index (χ0) is 17.6. The van der Waals surface area contributed by atoms with Crippen LogP contribution in [0.3, 0.4) is 0 Å². The number of hydrogen-bond donors (Lipinski definition) is 0. The largest absolute Gasteiger partial charge is 0.493 e. The monoisotopic (exact) mass is 354 g/mol. The maximum atomic E-state index is 9.59. The highest BCUT2D eigenvalue weighted by molar-refractivity contribution is 7.17. The number of nitrogens with zero attached hydrogens (tertiary/aromatic N) is 2. The van der Waals surface area contributed by atoms with Crippen LogP contribution in [-0.2, 0) is 0 Å². The van der Waals surface area contributed by atoms with E-state index in [1.807, 2.05) is 24.3 Å². The van der Waals surface area contributed by atoms with Crippen molar-refractivity contribution >= 4 is 28.0 Å². The second kappa shape index (κ2) is 8.09. The number of anilines is 1. The van der Waals surface area contributed by atoms with Crippen molar-refractivity contribution in [3.05, 3.63) is 40.8 Å². The van der Waals surface area contributed by atoms with E-state index in [9.17, 15) is 5.26 Å². The Morgan fingerprint density at radius 1 is 1.08 bits per heavy atom. The maximum absolute atomic E-state index is 9.59. The Labute approximate surface area is 152 Å². The van der Waals surface area contributed by atoms with Gasteiger partial charge >= 0.3 is 0 Å². The molecule has 1 saturated heterocycles. The van der Waals surface area contributed by atoms with Gasteiger partial charge in [-0.05, 0) is 61.2 Å². The number of nitriles is 1. The lowest BCUT2D eigenvalue weighted by molar-refractivity contribution is 0.355. The third kappa shape index (κ3) is 3.97. The first-order valence-corrected chi connectivity index (χ1v) is 9.26. The average molecular weight is 354 g/mol. The van der Waals surface area contributed by atoms with Crippen molar-refractivity contribution in [3.63, 3.8) is 0 Å². The van der Waals surface area contributed by atoms with E-state index in [0.29, 0.717) is 17.1 Å². The van der Waals surface area contributed by atoms with Crippen LogP contribution in [-0.4, -0.2) is 27.3 Å². The highest BCUT2D eigenvalue weighted by atomic mass is 32.1. The fraction of sp³-hybridized carbons (Fsp3) is 0.350. The van der Waals surface area contributed by atoms with Crippen LogP contribution in [0.2, 0.25) is 0 Å². The fourth-order valence-electron chi connectivity index (χ4n) is 3.03. The third-order valence-corrected chi connectivity index (χ3v) is 5.47. The van der Waals surface area contributed by atoms with Crippen molar-refractivity contribution in [2.75, 3.05) is 32.2 Å². The van der Waals surface area contributed by atoms with Gasteiger partial charge in [-0.3, -0.25) is 0 Å². The Kier molecular flexibility index (Phi) is 5.62. The topological polar surface area (TPSA) is 45.5 Å². The molecule has 5 heteroatoms. The summed E-state index contributed by atoms with van der Waals surface area (Å²) in [6.07, 6.45) is 5.79. The van der Waals surface area contributed by atoms with Gasteiger partial charge < -0.3 is 14.4 Å². The Hall–Kier alpha value is -2.45. The molecule has 0 aliphatic carbocycles. The van der Waals surface area contributed by atoms with Gasteiger partial charge in [0.1, 0.15) is 0 Å². The first kappa shape index (κ1) is 17.4. The van der Waals surface area contributed by atoms with Crippen LogP contribution in [0.1, 0.15) is 29.7 Å². The molecule has 0 radical (unpaired) electrons.